The molecule has 1 aliphatic rings. The van der Waals surface area contributed by atoms with Crippen LogP contribution in [0.3, 0.4) is 0 Å². The van der Waals surface area contributed by atoms with Crippen LogP contribution in [0.25, 0.3) is 11.0 Å². The zero-order chi connectivity index (χ0) is 21.2. The van der Waals surface area contributed by atoms with E-state index in [0.717, 1.165) is 59.5 Å². The molecule has 6 nitrogen and oxygen atoms in total. The molecule has 158 valence electrons. The summed E-state index contributed by atoms with van der Waals surface area (Å²) in [6, 6.07) is 16.5. The van der Waals surface area contributed by atoms with E-state index in [1.807, 2.05) is 18.2 Å². The lowest BCUT2D eigenvalue weighted by molar-refractivity contribution is -0.116. The van der Waals surface area contributed by atoms with Gasteiger partial charge in [0.15, 0.2) is 5.13 Å². The summed E-state index contributed by atoms with van der Waals surface area (Å²) in [4.78, 5) is 35.3. The van der Waals surface area contributed by atoms with E-state index < -0.39 is 0 Å². The van der Waals surface area contributed by atoms with E-state index in [0.29, 0.717) is 12.3 Å². The van der Waals surface area contributed by atoms with Gasteiger partial charge in [-0.25, -0.2) is 9.78 Å². The average Bonchev–Trinajstić information content (AvgIpc) is 3.34. The van der Waals surface area contributed by atoms with Gasteiger partial charge in [-0.15, -0.1) is 11.3 Å². The fourth-order valence-corrected chi connectivity index (χ4v) is 5.41. The van der Waals surface area contributed by atoms with Crippen molar-refractivity contribution in [3.8, 4) is 0 Å². The summed E-state index contributed by atoms with van der Waals surface area (Å²) < 4.78 is 0. The number of carbonyl (C=O) groups is 1. The van der Waals surface area contributed by atoms with Crippen LogP contribution in [0.15, 0.2) is 53.3 Å². The third-order valence-corrected chi connectivity index (χ3v) is 6.94. The van der Waals surface area contributed by atoms with E-state index in [-0.39, 0.29) is 11.6 Å². The second kappa shape index (κ2) is 8.51. The molecule has 2 heterocycles. The Hall–Kier alpha value is -3.19. The number of aryl methyl sites for hydroxylation is 2. The fraction of sp³-hybridized carbons (Fsp3) is 0.292. The number of amides is 1. The number of fused-ring (bicyclic) bond motifs is 2. The summed E-state index contributed by atoms with van der Waals surface area (Å²) in [6.07, 6.45) is 5.03. The summed E-state index contributed by atoms with van der Waals surface area (Å²) >= 11 is 1.62. The Labute approximate surface area is 183 Å². The maximum Gasteiger partial charge on any atom is 0.323 e. The highest BCUT2D eigenvalue weighted by atomic mass is 32.1. The molecule has 3 N–H and O–H groups in total. The van der Waals surface area contributed by atoms with Crippen LogP contribution in [-0.2, 0) is 24.1 Å². The molecular formula is C24H24N4O2S. The first-order valence-electron chi connectivity index (χ1n) is 10.7. The highest BCUT2D eigenvalue weighted by Gasteiger charge is 2.24. The molecular weight excluding hydrogens is 408 g/mol. The van der Waals surface area contributed by atoms with E-state index in [9.17, 15) is 9.59 Å². The van der Waals surface area contributed by atoms with Crippen molar-refractivity contribution in [1.82, 2.24) is 15.0 Å². The molecule has 1 atom stereocenters. The maximum absolute atomic E-state index is 12.4. The van der Waals surface area contributed by atoms with E-state index in [1.54, 1.807) is 11.3 Å². The molecule has 0 aliphatic heterocycles. The molecule has 1 amide bonds. The number of hydrogen-bond acceptors (Lipinski definition) is 4. The standard InChI is InChI=1S/C24H24N4O2S/c29-22(8-4-5-15-9-11-18-20(13-15)26-23(30)25-18)28-24-27-19-12-10-17(14-21(19)31-24)16-6-2-1-3-7-16/h1-3,6-7,9,11,13,17H,4-5,8,10,12,14H2,(H2,25,26,30)(H,27,28,29). The molecule has 0 saturated heterocycles. The van der Waals surface area contributed by atoms with Gasteiger partial charge in [0.1, 0.15) is 0 Å². The van der Waals surface area contributed by atoms with Crippen molar-refractivity contribution in [2.75, 3.05) is 5.32 Å². The number of anilines is 1. The Morgan fingerprint density at radius 3 is 2.84 bits per heavy atom. The first kappa shape index (κ1) is 19.8. The number of imidazole rings is 1. The Balaban J connectivity index is 1.15. The van der Waals surface area contributed by atoms with Gasteiger partial charge in [0, 0.05) is 11.3 Å². The molecule has 0 radical (unpaired) electrons. The average molecular weight is 433 g/mol. The van der Waals surface area contributed by atoms with Crippen LogP contribution in [0.5, 0.6) is 0 Å². The minimum absolute atomic E-state index is 0.00170. The molecule has 4 aromatic rings. The van der Waals surface area contributed by atoms with Crippen LogP contribution < -0.4 is 11.0 Å². The SMILES string of the molecule is O=C(CCCc1ccc2[nH]c(=O)[nH]c2c1)Nc1nc2c(s1)CC(c1ccccc1)CC2. The minimum Gasteiger partial charge on any atom is -0.306 e. The number of nitrogens with zero attached hydrogens (tertiary/aromatic N) is 1. The van der Waals surface area contributed by atoms with Gasteiger partial charge < -0.3 is 15.3 Å². The maximum atomic E-state index is 12.4. The van der Waals surface area contributed by atoms with Gasteiger partial charge in [0.25, 0.3) is 0 Å². The van der Waals surface area contributed by atoms with Crippen LogP contribution in [0.2, 0.25) is 0 Å². The van der Waals surface area contributed by atoms with E-state index in [1.165, 1.54) is 10.4 Å². The van der Waals surface area contributed by atoms with Gasteiger partial charge in [0.2, 0.25) is 5.91 Å². The number of thiazole rings is 1. The van der Waals surface area contributed by atoms with E-state index >= 15 is 0 Å². The van der Waals surface area contributed by atoms with Crippen LogP contribution >= 0.6 is 11.3 Å². The first-order chi connectivity index (χ1) is 15.1. The van der Waals surface area contributed by atoms with Crippen molar-refractivity contribution in [2.45, 2.75) is 44.4 Å². The highest BCUT2D eigenvalue weighted by molar-refractivity contribution is 7.15. The second-order valence-electron chi connectivity index (χ2n) is 8.10. The molecule has 0 spiro atoms. The summed E-state index contributed by atoms with van der Waals surface area (Å²) in [5.74, 6) is 0.534. The number of aromatic amines is 2. The number of H-pyrrole nitrogens is 2. The van der Waals surface area contributed by atoms with Gasteiger partial charge in [-0.3, -0.25) is 4.79 Å². The quantitative estimate of drug-likeness (QED) is 0.418. The minimum atomic E-state index is -0.201. The summed E-state index contributed by atoms with van der Waals surface area (Å²) in [5, 5.41) is 3.71. The number of nitrogens with one attached hydrogen (secondary N) is 3. The van der Waals surface area contributed by atoms with Crippen LogP contribution in [0.1, 0.15) is 46.9 Å². The molecule has 0 bridgehead atoms. The summed E-state index contributed by atoms with van der Waals surface area (Å²) in [6.45, 7) is 0. The Morgan fingerprint density at radius 2 is 1.97 bits per heavy atom. The molecule has 2 aromatic carbocycles. The van der Waals surface area contributed by atoms with Gasteiger partial charge in [-0.05, 0) is 61.3 Å². The van der Waals surface area contributed by atoms with Crippen LogP contribution in [0.4, 0.5) is 5.13 Å². The summed E-state index contributed by atoms with van der Waals surface area (Å²) in [7, 11) is 0. The van der Waals surface area contributed by atoms with Gasteiger partial charge >= 0.3 is 5.69 Å². The highest BCUT2D eigenvalue weighted by Crippen LogP contribution is 2.36. The number of hydrogen-bond donors (Lipinski definition) is 3. The fourth-order valence-electron chi connectivity index (χ4n) is 4.31. The molecule has 31 heavy (non-hydrogen) atoms. The lowest BCUT2D eigenvalue weighted by atomic mass is 9.85. The first-order valence-corrected chi connectivity index (χ1v) is 11.5. The Bertz CT molecular complexity index is 1270. The van der Waals surface area contributed by atoms with Gasteiger partial charge in [-0.2, -0.15) is 0 Å². The van der Waals surface area contributed by atoms with Crippen molar-refractivity contribution in [2.24, 2.45) is 0 Å². The molecule has 0 saturated carbocycles. The number of carbonyl (C=O) groups excluding carboxylic acids is 1. The lowest BCUT2D eigenvalue weighted by Gasteiger charge is -2.21. The largest absolute Gasteiger partial charge is 0.323 e. The van der Waals surface area contributed by atoms with Gasteiger partial charge in [-0.1, -0.05) is 36.4 Å². The number of benzene rings is 2. The second-order valence-corrected chi connectivity index (χ2v) is 9.18. The third-order valence-electron chi connectivity index (χ3n) is 5.91. The summed E-state index contributed by atoms with van der Waals surface area (Å²) in [5.41, 5.74) is 5.03. The lowest BCUT2D eigenvalue weighted by Crippen LogP contribution is -2.12. The molecule has 2 aromatic heterocycles. The number of rotatable bonds is 6. The molecule has 1 aliphatic carbocycles. The normalized spacial score (nSPS) is 15.7. The molecule has 5 rings (SSSR count). The van der Waals surface area contributed by atoms with Crippen molar-refractivity contribution in [3.63, 3.8) is 0 Å². The Morgan fingerprint density at radius 1 is 1.13 bits per heavy atom. The van der Waals surface area contributed by atoms with Crippen molar-refractivity contribution >= 4 is 33.4 Å². The third kappa shape index (κ3) is 4.46. The molecule has 7 heteroatoms. The van der Waals surface area contributed by atoms with Crippen LogP contribution in [-0.4, -0.2) is 20.9 Å². The Kier molecular flexibility index (Phi) is 5.42. The van der Waals surface area contributed by atoms with E-state index in [2.05, 4.69) is 50.6 Å². The monoisotopic (exact) mass is 432 g/mol. The van der Waals surface area contributed by atoms with Crippen LogP contribution in [0, 0.1) is 0 Å². The predicted octanol–water partition coefficient (Wildman–Crippen LogP) is 4.55. The smallest absolute Gasteiger partial charge is 0.306 e. The zero-order valence-electron chi connectivity index (χ0n) is 17.1. The zero-order valence-corrected chi connectivity index (χ0v) is 17.9. The van der Waals surface area contributed by atoms with E-state index in [4.69, 9.17) is 0 Å². The van der Waals surface area contributed by atoms with Crippen molar-refractivity contribution in [3.05, 3.63) is 80.7 Å². The van der Waals surface area contributed by atoms with Crippen molar-refractivity contribution < 1.29 is 4.79 Å². The molecule has 1 unspecified atom stereocenters. The number of aromatic nitrogens is 3. The van der Waals surface area contributed by atoms with Crippen molar-refractivity contribution in [1.29, 1.82) is 0 Å². The topological polar surface area (TPSA) is 90.6 Å². The predicted molar refractivity (Wildman–Crippen MR) is 124 cm³/mol. The van der Waals surface area contributed by atoms with Gasteiger partial charge in [0.05, 0.1) is 16.7 Å². The molecule has 0 fully saturated rings.